The molecular weight excluding hydrogens is 162 g/mol. The summed E-state index contributed by atoms with van der Waals surface area (Å²) in [5.41, 5.74) is 8.03. The molecule has 0 bridgehead atoms. The van der Waals surface area contributed by atoms with E-state index in [9.17, 15) is 0 Å². The number of hydrogen-bond donors (Lipinski definition) is 1. The fourth-order valence-corrected chi connectivity index (χ4v) is 1.74. The maximum atomic E-state index is 5.54. The van der Waals surface area contributed by atoms with E-state index in [1.165, 1.54) is 5.69 Å². The molecule has 1 aromatic heterocycles. The highest BCUT2D eigenvalue weighted by molar-refractivity contribution is 5.20. The molecule has 0 radical (unpaired) electrons. The molecular formula is C10H19N3. The van der Waals surface area contributed by atoms with Gasteiger partial charge in [-0.2, -0.15) is 0 Å². The third-order valence-corrected chi connectivity index (χ3v) is 2.37. The Balaban J connectivity index is 3.11. The highest BCUT2D eigenvalue weighted by Gasteiger charge is 2.13. The summed E-state index contributed by atoms with van der Waals surface area (Å²) in [4.78, 5) is 4.50. The van der Waals surface area contributed by atoms with Crippen molar-refractivity contribution in [3.8, 4) is 0 Å². The van der Waals surface area contributed by atoms with Crippen LogP contribution in [0.3, 0.4) is 0 Å². The van der Waals surface area contributed by atoms with E-state index in [4.69, 9.17) is 5.73 Å². The van der Waals surface area contributed by atoms with E-state index in [2.05, 4.69) is 30.4 Å². The van der Waals surface area contributed by atoms with Gasteiger partial charge in [-0.25, -0.2) is 4.98 Å². The standard InChI is InChI=1S/C10H19N3/c1-7(2)10-9(5-6-11)12-8(3)13(10)4/h7H,5-6,11H2,1-4H3. The van der Waals surface area contributed by atoms with Gasteiger partial charge in [0.15, 0.2) is 0 Å². The summed E-state index contributed by atoms with van der Waals surface area (Å²) in [5, 5.41) is 0. The van der Waals surface area contributed by atoms with Crippen molar-refractivity contribution in [2.45, 2.75) is 33.1 Å². The first-order valence-electron chi connectivity index (χ1n) is 4.80. The van der Waals surface area contributed by atoms with Gasteiger partial charge < -0.3 is 10.3 Å². The van der Waals surface area contributed by atoms with Crippen molar-refractivity contribution < 1.29 is 0 Å². The molecule has 2 N–H and O–H groups in total. The van der Waals surface area contributed by atoms with Crippen LogP contribution in [-0.4, -0.2) is 16.1 Å². The minimum absolute atomic E-state index is 0.521. The number of imidazole rings is 1. The lowest BCUT2D eigenvalue weighted by Crippen LogP contribution is -2.07. The summed E-state index contributed by atoms with van der Waals surface area (Å²) in [6.07, 6.45) is 0.884. The fourth-order valence-electron chi connectivity index (χ4n) is 1.74. The Kier molecular flexibility index (Phi) is 3.09. The van der Waals surface area contributed by atoms with Crippen LogP contribution in [-0.2, 0) is 13.5 Å². The van der Waals surface area contributed by atoms with E-state index < -0.39 is 0 Å². The van der Waals surface area contributed by atoms with Gasteiger partial charge in [-0.3, -0.25) is 0 Å². The topological polar surface area (TPSA) is 43.8 Å². The zero-order valence-electron chi connectivity index (χ0n) is 8.96. The smallest absolute Gasteiger partial charge is 0.105 e. The number of rotatable bonds is 3. The van der Waals surface area contributed by atoms with Crippen molar-refractivity contribution in [2.24, 2.45) is 12.8 Å². The van der Waals surface area contributed by atoms with Gasteiger partial charge in [0, 0.05) is 19.2 Å². The van der Waals surface area contributed by atoms with E-state index in [1.807, 2.05) is 6.92 Å². The Bertz CT molecular complexity index is 287. The zero-order chi connectivity index (χ0) is 10.0. The molecule has 0 aliphatic carbocycles. The van der Waals surface area contributed by atoms with E-state index in [0.717, 1.165) is 17.9 Å². The van der Waals surface area contributed by atoms with Crippen molar-refractivity contribution in [3.63, 3.8) is 0 Å². The van der Waals surface area contributed by atoms with Crippen LogP contribution < -0.4 is 5.73 Å². The van der Waals surface area contributed by atoms with E-state index in [0.29, 0.717) is 12.5 Å². The molecule has 0 saturated heterocycles. The van der Waals surface area contributed by atoms with Gasteiger partial charge in [0.1, 0.15) is 5.82 Å². The van der Waals surface area contributed by atoms with E-state index >= 15 is 0 Å². The van der Waals surface area contributed by atoms with E-state index in [-0.39, 0.29) is 0 Å². The van der Waals surface area contributed by atoms with Gasteiger partial charge in [0.05, 0.1) is 5.69 Å². The summed E-state index contributed by atoms with van der Waals surface area (Å²) >= 11 is 0. The Morgan fingerprint density at radius 1 is 1.46 bits per heavy atom. The Labute approximate surface area is 80.0 Å². The van der Waals surface area contributed by atoms with Crippen LogP contribution >= 0.6 is 0 Å². The monoisotopic (exact) mass is 181 g/mol. The number of nitrogens with zero attached hydrogens (tertiary/aromatic N) is 2. The maximum Gasteiger partial charge on any atom is 0.105 e. The molecule has 0 spiro atoms. The van der Waals surface area contributed by atoms with Gasteiger partial charge >= 0.3 is 0 Å². The molecule has 1 heterocycles. The van der Waals surface area contributed by atoms with Gasteiger partial charge in [-0.1, -0.05) is 13.8 Å². The molecule has 0 saturated carbocycles. The molecule has 0 aromatic carbocycles. The van der Waals surface area contributed by atoms with Gasteiger partial charge in [-0.15, -0.1) is 0 Å². The first-order valence-corrected chi connectivity index (χ1v) is 4.80. The fraction of sp³-hybridized carbons (Fsp3) is 0.700. The number of aryl methyl sites for hydroxylation is 1. The lowest BCUT2D eigenvalue weighted by Gasteiger charge is -2.09. The molecule has 0 aliphatic heterocycles. The molecule has 0 atom stereocenters. The second-order valence-electron chi connectivity index (χ2n) is 3.74. The minimum Gasteiger partial charge on any atom is -0.335 e. The summed E-state index contributed by atoms with van der Waals surface area (Å²) in [6, 6.07) is 0. The molecule has 74 valence electrons. The Morgan fingerprint density at radius 3 is 2.54 bits per heavy atom. The third-order valence-electron chi connectivity index (χ3n) is 2.37. The first kappa shape index (κ1) is 10.3. The SMILES string of the molecule is Cc1nc(CCN)c(C(C)C)n1C. The Morgan fingerprint density at radius 2 is 2.08 bits per heavy atom. The average molecular weight is 181 g/mol. The second kappa shape index (κ2) is 3.92. The summed E-state index contributed by atoms with van der Waals surface area (Å²) in [7, 11) is 2.07. The van der Waals surface area contributed by atoms with Crippen LogP contribution in [0.2, 0.25) is 0 Å². The summed E-state index contributed by atoms with van der Waals surface area (Å²) in [5.74, 6) is 1.60. The lowest BCUT2D eigenvalue weighted by atomic mass is 10.1. The zero-order valence-corrected chi connectivity index (χ0v) is 8.96. The predicted molar refractivity (Wildman–Crippen MR) is 54.8 cm³/mol. The van der Waals surface area contributed by atoms with E-state index in [1.54, 1.807) is 0 Å². The minimum atomic E-state index is 0.521. The molecule has 1 rings (SSSR count). The highest BCUT2D eigenvalue weighted by atomic mass is 15.1. The van der Waals surface area contributed by atoms with Gasteiger partial charge in [-0.05, 0) is 19.4 Å². The highest BCUT2D eigenvalue weighted by Crippen LogP contribution is 2.19. The third kappa shape index (κ3) is 1.91. The second-order valence-corrected chi connectivity index (χ2v) is 3.74. The van der Waals surface area contributed by atoms with Crippen molar-refractivity contribution in [2.75, 3.05) is 6.54 Å². The quantitative estimate of drug-likeness (QED) is 0.765. The van der Waals surface area contributed by atoms with Crippen LogP contribution in [0, 0.1) is 6.92 Å². The molecule has 0 aliphatic rings. The van der Waals surface area contributed by atoms with Crippen LogP contribution in [0.15, 0.2) is 0 Å². The molecule has 0 amide bonds. The van der Waals surface area contributed by atoms with Crippen molar-refractivity contribution in [1.82, 2.24) is 9.55 Å². The number of aromatic nitrogens is 2. The molecule has 3 heteroatoms. The van der Waals surface area contributed by atoms with Crippen LogP contribution in [0.1, 0.15) is 37.0 Å². The molecule has 1 aromatic rings. The van der Waals surface area contributed by atoms with Gasteiger partial charge in [0.2, 0.25) is 0 Å². The maximum absolute atomic E-state index is 5.54. The predicted octanol–water partition coefficient (Wildman–Crippen LogP) is 1.35. The van der Waals surface area contributed by atoms with Gasteiger partial charge in [0.25, 0.3) is 0 Å². The lowest BCUT2D eigenvalue weighted by molar-refractivity contribution is 0.713. The van der Waals surface area contributed by atoms with Crippen molar-refractivity contribution in [1.29, 1.82) is 0 Å². The molecule has 0 fully saturated rings. The largest absolute Gasteiger partial charge is 0.335 e. The summed E-state index contributed by atoms with van der Waals surface area (Å²) in [6.45, 7) is 7.09. The van der Waals surface area contributed by atoms with Crippen LogP contribution in [0.5, 0.6) is 0 Å². The number of nitrogens with two attached hydrogens (primary N) is 1. The molecule has 3 nitrogen and oxygen atoms in total. The van der Waals surface area contributed by atoms with Crippen LogP contribution in [0.4, 0.5) is 0 Å². The average Bonchev–Trinajstić information content (AvgIpc) is 2.28. The first-order chi connectivity index (χ1) is 6.07. The summed E-state index contributed by atoms with van der Waals surface area (Å²) < 4.78 is 2.16. The number of hydrogen-bond acceptors (Lipinski definition) is 2. The van der Waals surface area contributed by atoms with Crippen LogP contribution in [0.25, 0.3) is 0 Å². The Hall–Kier alpha value is -0.830. The normalized spacial score (nSPS) is 11.2. The van der Waals surface area contributed by atoms with Crippen molar-refractivity contribution >= 4 is 0 Å². The van der Waals surface area contributed by atoms with Crippen molar-refractivity contribution in [3.05, 3.63) is 17.2 Å². The molecule has 13 heavy (non-hydrogen) atoms. The molecule has 0 unspecified atom stereocenters.